The number of aromatic nitrogens is 1. The molecule has 0 spiro atoms. The maximum Gasteiger partial charge on any atom is 0.256 e. The van der Waals surface area contributed by atoms with E-state index in [2.05, 4.69) is 20.9 Å². The van der Waals surface area contributed by atoms with Gasteiger partial charge in [-0.2, -0.15) is 0 Å². The Morgan fingerprint density at radius 1 is 0.844 bits per heavy atom. The van der Waals surface area contributed by atoms with Crippen LogP contribution >= 0.6 is 0 Å². The molecule has 0 saturated heterocycles. The average molecular weight is 426 g/mol. The highest BCUT2D eigenvalue weighted by molar-refractivity contribution is 6.07. The fourth-order valence-corrected chi connectivity index (χ4v) is 3.34. The highest BCUT2D eigenvalue weighted by Crippen LogP contribution is 2.28. The number of carbonyl (C=O) groups excluding carboxylic acids is 2. The van der Waals surface area contributed by atoms with Crippen molar-refractivity contribution in [2.24, 2.45) is 0 Å². The Hall–Kier alpha value is -4.39. The minimum absolute atomic E-state index is 0.140. The fourth-order valence-electron chi connectivity index (χ4n) is 3.34. The summed E-state index contributed by atoms with van der Waals surface area (Å²) in [4.78, 5) is 28.8. The Labute approximate surface area is 185 Å². The van der Waals surface area contributed by atoms with E-state index < -0.39 is 0 Å². The maximum absolute atomic E-state index is 12.6. The number of carbonyl (C=O) groups is 2. The van der Waals surface area contributed by atoms with Crippen LogP contribution in [-0.4, -0.2) is 30.9 Å². The molecule has 7 heteroatoms. The zero-order valence-corrected chi connectivity index (χ0v) is 17.7. The molecule has 0 unspecified atom stereocenters. The van der Waals surface area contributed by atoms with Gasteiger partial charge >= 0.3 is 0 Å². The van der Waals surface area contributed by atoms with E-state index in [-0.39, 0.29) is 11.8 Å². The topological polar surface area (TPSA) is 92.3 Å². The highest BCUT2D eigenvalue weighted by Gasteiger charge is 2.11. The minimum atomic E-state index is -0.265. The van der Waals surface area contributed by atoms with Gasteiger partial charge in [0.15, 0.2) is 0 Å². The zero-order valence-electron chi connectivity index (χ0n) is 17.7. The summed E-state index contributed by atoms with van der Waals surface area (Å²) in [5.41, 5.74) is 1.97. The van der Waals surface area contributed by atoms with Gasteiger partial charge in [-0.15, -0.1) is 0 Å². The second-order valence-corrected chi connectivity index (χ2v) is 7.03. The van der Waals surface area contributed by atoms with Gasteiger partial charge in [-0.1, -0.05) is 18.2 Å². The number of nitrogens with zero attached hydrogens (tertiary/aromatic N) is 1. The van der Waals surface area contributed by atoms with Crippen molar-refractivity contribution >= 4 is 34.1 Å². The van der Waals surface area contributed by atoms with Gasteiger partial charge in [0, 0.05) is 43.2 Å². The number of benzene rings is 3. The number of fused-ring (bicyclic) bond motifs is 1. The molecule has 0 fully saturated rings. The van der Waals surface area contributed by atoms with E-state index in [9.17, 15) is 9.59 Å². The Bertz CT molecular complexity index is 1300. The van der Waals surface area contributed by atoms with Crippen LogP contribution in [-0.2, 0) is 0 Å². The van der Waals surface area contributed by atoms with E-state index in [1.165, 1.54) is 0 Å². The standard InChI is InChI=1S/C25H22N4O3/c1-26-18-7-3-6-17(13-18)24(30)29-23-15-20(11-12-28-23)32-19-9-10-21-16(14-19)5-4-8-22(21)25(31)27-2/h3-15,26H,1-2H3,(H,27,31)(H,28,29,30). The molecular formula is C25H22N4O3. The predicted octanol–water partition coefficient (Wildman–Crippen LogP) is 4.68. The normalized spacial score (nSPS) is 10.4. The first-order chi connectivity index (χ1) is 15.6. The van der Waals surface area contributed by atoms with Gasteiger partial charge in [0.1, 0.15) is 17.3 Å². The summed E-state index contributed by atoms with van der Waals surface area (Å²) in [7, 11) is 3.40. The Morgan fingerprint density at radius 3 is 2.47 bits per heavy atom. The molecule has 0 aliphatic heterocycles. The first kappa shape index (κ1) is 20.9. The van der Waals surface area contributed by atoms with Crippen LogP contribution < -0.4 is 20.7 Å². The number of amides is 2. The first-order valence-corrected chi connectivity index (χ1v) is 10.1. The quantitative estimate of drug-likeness (QED) is 0.416. The zero-order chi connectivity index (χ0) is 22.5. The molecule has 4 aromatic rings. The maximum atomic E-state index is 12.6. The number of hydrogen-bond donors (Lipinski definition) is 3. The molecule has 0 atom stereocenters. The van der Waals surface area contributed by atoms with Crippen LogP contribution in [0.3, 0.4) is 0 Å². The van der Waals surface area contributed by atoms with Crippen molar-refractivity contribution in [3.8, 4) is 11.5 Å². The van der Waals surface area contributed by atoms with E-state index in [0.717, 1.165) is 16.5 Å². The number of pyridine rings is 1. The average Bonchev–Trinajstić information content (AvgIpc) is 2.83. The number of hydrogen-bond acceptors (Lipinski definition) is 5. The van der Waals surface area contributed by atoms with E-state index in [1.54, 1.807) is 56.7 Å². The number of anilines is 2. The molecule has 0 aliphatic carbocycles. The Balaban J connectivity index is 1.53. The van der Waals surface area contributed by atoms with Crippen molar-refractivity contribution in [1.29, 1.82) is 0 Å². The molecule has 0 saturated carbocycles. The molecule has 160 valence electrons. The smallest absolute Gasteiger partial charge is 0.256 e. The summed E-state index contributed by atoms with van der Waals surface area (Å²) in [6.07, 6.45) is 1.57. The summed E-state index contributed by atoms with van der Waals surface area (Å²) >= 11 is 0. The summed E-state index contributed by atoms with van der Waals surface area (Å²) in [6.45, 7) is 0. The molecule has 2 amide bonds. The lowest BCUT2D eigenvalue weighted by atomic mass is 10.0. The monoisotopic (exact) mass is 426 g/mol. The van der Waals surface area contributed by atoms with Gasteiger partial charge in [0.25, 0.3) is 11.8 Å². The number of nitrogens with one attached hydrogen (secondary N) is 3. The molecule has 0 radical (unpaired) electrons. The van der Waals surface area contributed by atoms with E-state index in [0.29, 0.717) is 28.4 Å². The second kappa shape index (κ2) is 9.18. The number of ether oxygens (including phenoxy) is 1. The third kappa shape index (κ3) is 4.52. The van der Waals surface area contributed by atoms with Gasteiger partial charge in [-0.3, -0.25) is 9.59 Å². The van der Waals surface area contributed by atoms with Gasteiger partial charge in [0.2, 0.25) is 0 Å². The molecule has 1 aromatic heterocycles. The number of rotatable bonds is 6. The van der Waals surface area contributed by atoms with Gasteiger partial charge < -0.3 is 20.7 Å². The van der Waals surface area contributed by atoms with Crippen LogP contribution in [0.25, 0.3) is 10.8 Å². The molecule has 7 nitrogen and oxygen atoms in total. The lowest BCUT2D eigenvalue weighted by molar-refractivity contribution is 0.0963. The molecule has 4 rings (SSSR count). The van der Waals surface area contributed by atoms with Gasteiger partial charge in [-0.25, -0.2) is 4.98 Å². The largest absolute Gasteiger partial charge is 0.457 e. The lowest BCUT2D eigenvalue weighted by Gasteiger charge is -2.11. The molecular weight excluding hydrogens is 404 g/mol. The van der Waals surface area contributed by atoms with Crippen LogP contribution in [0.4, 0.5) is 11.5 Å². The third-order valence-corrected chi connectivity index (χ3v) is 4.95. The van der Waals surface area contributed by atoms with Crippen LogP contribution in [0.5, 0.6) is 11.5 Å². The van der Waals surface area contributed by atoms with Crippen LogP contribution in [0.2, 0.25) is 0 Å². The van der Waals surface area contributed by atoms with E-state index >= 15 is 0 Å². The van der Waals surface area contributed by atoms with Crippen molar-refractivity contribution in [2.45, 2.75) is 0 Å². The van der Waals surface area contributed by atoms with Crippen molar-refractivity contribution in [3.63, 3.8) is 0 Å². The molecule has 3 N–H and O–H groups in total. The van der Waals surface area contributed by atoms with Crippen molar-refractivity contribution in [3.05, 3.63) is 90.1 Å². The van der Waals surface area contributed by atoms with E-state index in [1.807, 2.05) is 36.4 Å². The van der Waals surface area contributed by atoms with E-state index in [4.69, 9.17) is 4.74 Å². The molecule has 0 aliphatic rings. The lowest BCUT2D eigenvalue weighted by Crippen LogP contribution is -2.17. The van der Waals surface area contributed by atoms with Crippen molar-refractivity contribution < 1.29 is 14.3 Å². The summed E-state index contributed by atoms with van der Waals surface area (Å²) in [5.74, 6) is 1.11. The summed E-state index contributed by atoms with van der Waals surface area (Å²) in [5, 5.41) is 10.2. The Kier molecular flexibility index (Phi) is 5.98. The predicted molar refractivity (Wildman–Crippen MR) is 126 cm³/mol. The fraction of sp³-hybridized carbons (Fsp3) is 0.0800. The molecule has 1 heterocycles. The van der Waals surface area contributed by atoms with Gasteiger partial charge in [0.05, 0.1) is 0 Å². The highest BCUT2D eigenvalue weighted by atomic mass is 16.5. The first-order valence-electron chi connectivity index (χ1n) is 10.1. The van der Waals surface area contributed by atoms with Crippen LogP contribution in [0, 0.1) is 0 Å². The van der Waals surface area contributed by atoms with Crippen LogP contribution in [0.15, 0.2) is 79.0 Å². The SMILES string of the molecule is CNC(=O)c1cccc2cc(Oc3ccnc(NC(=O)c4cccc(NC)c4)c3)ccc12. The van der Waals surface area contributed by atoms with Crippen molar-refractivity contribution in [1.82, 2.24) is 10.3 Å². The van der Waals surface area contributed by atoms with Crippen molar-refractivity contribution in [2.75, 3.05) is 24.7 Å². The summed E-state index contributed by atoms with van der Waals surface area (Å²) in [6, 6.07) is 21.6. The second-order valence-electron chi connectivity index (χ2n) is 7.03. The summed E-state index contributed by atoms with van der Waals surface area (Å²) < 4.78 is 5.98. The molecule has 3 aromatic carbocycles. The third-order valence-electron chi connectivity index (χ3n) is 4.95. The Morgan fingerprint density at radius 2 is 1.66 bits per heavy atom. The van der Waals surface area contributed by atoms with Gasteiger partial charge in [-0.05, 0) is 59.3 Å². The minimum Gasteiger partial charge on any atom is -0.457 e. The van der Waals surface area contributed by atoms with Crippen LogP contribution in [0.1, 0.15) is 20.7 Å². The molecule has 32 heavy (non-hydrogen) atoms. The molecule has 0 bridgehead atoms.